The molecule has 0 aliphatic heterocycles. The molecule has 5 heteroatoms. The minimum atomic E-state index is 0.363. The average Bonchev–Trinajstić information content (AvgIpc) is 2.25. The van der Waals surface area contributed by atoms with Gasteiger partial charge in [-0.2, -0.15) is 0 Å². The van der Waals surface area contributed by atoms with Crippen LogP contribution in [0.5, 0.6) is 0 Å². The molecule has 82 valence electrons. The first-order chi connectivity index (χ1) is 7.16. The smallest absolute Gasteiger partial charge is 0.138 e. The lowest BCUT2D eigenvalue weighted by molar-refractivity contribution is 0.206. The molecule has 0 spiro atoms. The fraction of sp³-hybridized carbons (Fsp3) is 0.400. The van der Waals surface area contributed by atoms with Gasteiger partial charge in [0.15, 0.2) is 0 Å². The van der Waals surface area contributed by atoms with Crippen molar-refractivity contribution in [2.45, 2.75) is 0 Å². The number of aromatic nitrogens is 1. The summed E-state index contributed by atoms with van der Waals surface area (Å²) in [5.74, 6) is 0.794. The maximum atomic E-state index is 5.61. The van der Waals surface area contributed by atoms with E-state index in [4.69, 9.17) is 22.7 Å². The number of hydrogen-bond acceptors (Lipinski definition) is 4. The predicted molar refractivity (Wildman–Crippen MR) is 65.3 cm³/mol. The number of thiocarbonyl (C=S) groups is 1. The van der Waals surface area contributed by atoms with E-state index in [-0.39, 0.29) is 0 Å². The van der Waals surface area contributed by atoms with E-state index in [1.54, 1.807) is 13.3 Å². The Kier molecular flexibility index (Phi) is 4.45. The first kappa shape index (κ1) is 11.9. The molecule has 2 N–H and O–H groups in total. The molecular weight excluding hydrogens is 210 g/mol. The third-order valence-corrected chi connectivity index (χ3v) is 2.26. The molecule has 0 radical (unpaired) electrons. The van der Waals surface area contributed by atoms with Crippen molar-refractivity contribution in [1.29, 1.82) is 0 Å². The van der Waals surface area contributed by atoms with E-state index in [0.717, 1.165) is 17.9 Å². The lowest BCUT2D eigenvalue weighted by Crippen LogP contribution is -2.26. The molecule has 0 fully saturated rings. The van der Waals surface area contributed by atoms with E-state index in [1.165, 1.54) is 0 Å². The van der Waals surface area contributed by atoms with E-state index in [2.05, 4.69) is 4.98 Å². The van der Waals surface area contributed by atoms with Gasteiger partial charge in [0.25, 0.3) is 0 Å². The molecule has 1 aromatic rings. The zero-order chi connectivity index (χ0) is 11.3. The summed E-state index contributed by atoms with van der Waals surface area (Å²) < 4.78 is 5.00. The molecule has 1 rings (SSSR count). The Bertz CT molecular complexity index is 343. The van der Waals surface area contributed by atoms with Gasteiger partial charge >= 0.3 is 0 Å². The quantitative estimate of drug-likeness (QED) is 0.751. The van der Waals surface area contributed by atoms with Crippen molar-refractivity contribution >= 4 is 23.0 Å². The number of likely N-dealkylation sites (N-methyl/N-ethyl adjacent to an activating group) is 1. The number of rotatable bonds is 5. The highest BCUT2D eigenvalue weighted by Crippen LogP contribution is 2.14. The van der Waals surface area contributed by atoms with E-state index < -0.39 is 0 Å². The minimum absolute atomic E-state index is 0.363. The number of nitrogens with two attached hydrogens (primary N) is 1. The number of ether oxygens (including phenoxy) is 1. The zero-order valence-electron chi connectivity index (χ0n) is 8.93. The van der Waals surface area contributed by atoms with Crippen LogP contribution in [-0.2, 0) is 4.74 Å². The summed E-state index contributed by atoms with van der Waals surface area (Å²) in [5, 5.41) is 0. The molecule has 1 aromatic heterocycles. The second-order valence-electron chi connectivity index (χ2n) is 3.15. The molecule has 0 bridgehead atoms. The molecule has 4 nitrogen and oxygen atoms in total. The van der Waals surface area contributed by atoms with Gasteiger partial charge in [-0.05, 0) is 12.1 Å². The molecule has 0 atom stereocenters. The lowest BCUT2D eigenvalue weighted by atomic mass is 10.2. The maximum absolute atomic E-state index is 5.61. The number of hydrogen-bond donors (Lipinski definition) is 1. The Hall–Kier alpha value is -1.20. The van der Waals surface area contributed by atoms with Gasteiger partial charge in [0, 0.05) is 26.9 Å². The van der Waals surface area contributed by atoms with Crippen LogP contribution in [0.3, 0.4) is 0 Å². The van der Waals surface area contributed by atoms with Crippen molar-refractivity contribution in [1.82, 2.24) is 4.98 Å². The Morgan fingerprint density at radius 2 is 2.40 bits per heavy atom. The van der Waals surface area contributed by atoms with Crippen molar-refractivity contribution in [3.63, 3.8) is 0 Å². The lowest BCUT2D eigenvalue weighted by Gasteiger charge is -2.19. The zero-order valence-corrected chi connectivity index (χ0v) is 9.75. The van der Waals surface area contributed by atoms with Crippen LogP contribution in [0.1, 0.15) is 5.56 Å². The van der Waals surface area contributed by atoms with E-state index >= 15 is 0 Å². The van der Waals surface area contributed by atoms with Gasteiger partial charge in [0.2, 0.25) is 0 Å². The fourth-order valence-corrected chi connectivity index (χ4v) is 1.39. The summed E-state index contributed by atoms with van der Waals surface area (Å²) >= 11 is 4.96. The standard InChI is InChI=1S/C10H15N3OS/c1-13(6-7-14-2)10-8(9(11)15)4-3-5-12-10/h3-5H,6-7H2,1-2H3,(H2,11,15). The molecule has 0 saturated carbocycles. The van der Waals surface area contributed by atoms with Crippen molar-refractivity contribution in [2.75, 3.05) is 32.2 Å². The maximum Gasteiger partial charge on any atom is 0.138 e. The molecule has 1 heterocycles. The summed E-state index contributed by atoms with van der Waals surface area (Å²) in [4.78, 5) is 6.59. The van der Waals surface area contributed by atoms with Crippen molar-refractivity contribution in [2.24, 2.45) is 5.73 Å². The summed E-state index contributed by atoms with van der Waals surface area (Å²) in [6.45, 7) is 1.40. The molecule has 0 aliphatic rings. The van der Waals surface area contributed by atoms with Gasteiger partial charge in [-0.15, -0.1) is 0 Å². The summed E-state index contributed by atoms with van der Waals surface area (Å²) in [6.07, 6.45) is 1.72. The van der Waals surface area contributed by atoms with Gasteiger partial charge in [-0.25, -0.2) is 4.98 Å². The van der Waals surface area contributed by atoms with Crippen LogP contribution in [0.15, 0.2) is 18.3 Å². The van der Waals surface area contributed by atoms with Gasteiger partial charge in [-0.1, -0.05) is 12.2 Å². The second kappa shape index (κ2) is 5.63. The molecule has 0 amide bonds. The predicted octanol–water partition coefficient (Wildman–Crippen LogP) is 0.798. The van der Waals surface area contributed by atoms with E-state index in [0.29, 0.717) is 11.6 Å². The SMILES string of the molecule is COCCN(C)c1ncccc1C(N)=S. The van der Waals surface area contributed by atoms with Crippen molar-refractivity contribution in [3.8, 4) is 0 Å². The number of pyridine rings is 1. The van der Waals surface area contributed by atoms with E-state index in [1.807, 2.05) is 24.1 Å². The van der Waals surface area contributed by atoms with Crippen LogP contribution in [0.25, 0.3) is 0 Å². The Labute approximate surface area is 95.0 Å². The molecule has 0 saturated heterocycles. The van der Waals surface area contributed by atoms with Crippen molar-refractivity contribution in [3.05, 3.63) is 23.9 Å². The highest BCUT2D eigenvalue weighted by Gasteiger charge is 2.09. The van der Waals surface area contributed by atoms with E-state index in [9.17, 15) is 0 Å². The first-order valence-electron chi connectivity index (χ1n) is 4.61. The van der Waals surface area contributed by atoms with Crippen LogP contribution in [0, 0.1) is 0 Å². The Balaban J connectivity index is 2.87. The molecule has 0 aromatic carbocycles. The van der Waals surface area contributed by atoms with Crippen molar-refractivity contribution < 1.29 is 4.74 Å². The van der Waals surface area contributed by atoms with Crippen LogP contribution in [-0.4, -0.2) is 37.3 Å². The average molecular weight is 225 g/mol. The summed E-state index contributed by atoms with van der Waals surface area (Å²) in [6, 6.07) is 3.69. The summed E-state index contributed by atoms with van der Waals surface area (Å²) in [7, 11) is 3.60. The minimum Gasteiger partial charge on any atom is -0.389 e. The van der Waals surface area contributed by atoms with Gasteiger partial charge in [-0.3, -0.25) is 0 Å². The van der Waals surface area contributed by atoms with Crippen LogP contribution in [0.4, 0.5) is 5.82 Å². The highest BCUT2D eigenvalue weighted by molar-refractivity contribution is 7.80. The monoisotopic (exact) mass is 225 g/mol. The summed E-state index contributed by atoms with van der Waals surface area (Å²) in [5.41, 5.74) is 6.41. The number of methoxy groups -OCH3 is 1. The second-order valence-corrected chi connectivity index (χ2v) is 3.59. The third kappa shape index (κ3) is 3.14. The van der Waals surface area contributed by atoms with Crippen LogP contribution in [0.2, 0.25) is 0 Å². The van der Waals surface area contributed by atoms with Gasteiger partial charge < -0.3 is 15.4 Å². The highest BCUT2D eigenvalue weighted by atomic mass is 32.1. The topological polar surface area (TPSA) is 51.4 Å². The molecule has 0 aliphatic carbocycles. The van der Waals surface area contributed by atoms with Crippen LogP contribution >= 0.6 is 12.2 Å². The Morgan fingerprint density at radius 3 is 3.00 bits per heavy atom. The largest absolute Gasteiger partial charge is 0.389 e. The third-order valence-electron chi connectivity index (χ3n) is 2.04. The normalized spacial score (nSPS) is 10.0. The fourth-order valence-electron chi connectivity index (χ4n) is 1.23. The number of nitrogens with zero attached hydrogens (tertiary/aromatic N) is 2. The van der Waals surface area contributed by atoms with Gasteiger partial charge in [0.1, 0.15) is 10.8 Å². The molecule has 15 heavy (non-hydrogen) atoms. The number of anilines is 1. The molecule has 0 unspecified atom stereocenters. The first-order valence-corrected chi connectivity index (χ1v) is 5.02. The Morgan fingerprint density at radius 1 is 1.67 bits per heavy atom. The molecular formula is C10H15N3OS. The van der Waals surface area contributed by atoms with Crippen LogP contribution < -0.4 is 10.6 Å². The van der Waals surface area contributed by atoms with Gasteiger partial charge in [0.05, 0.1) is 12.2 Å².